The van der Waals surface area contributed by atoms with Crippen molar-refractivity contribution in [1.29, 1.82) is 0 Å². The Bertz CT molecular complexity index is 307. The maximum atomic E-state index is 10.4. The number of aliphatic hydroxyl groups excluding tert-OH is 2. The SMILES string of the molecule is CCCCCCCC[C@@H](O)[C@@H](O)CCCCCCCCCCCC(=O)O. The van der Waals surface area contributed by atoms with Crippen molar-refractivity contribution in [3.8, 4) is 0 Å². The van der Waals surface area contributed by atoms with Crippen LogP contribution >= 0.6 is 0 Å². The Balaban J connectivity index is 3.31. The average Bonchev–Trinajstić information content (AvgIpc) is 2.61. The van der Waals surface area contributed by atoms with E-state index in [1.54, 1.807) is 0 Å². The summed E-state index contributed by atoms with van der Waals surface area (Å²) in [6.07, 6.45) is 17.8. The molecule has 2 atom stereocenters. The molecule has 0 rings (SSSR count). The Morgan fingerprint density at radius 1 is 0.615 bits per heavy atom. The minimum absolute atomic E-state index is 0.299. The van der Waals surface area contributed by atoms with Gasteiger partial charge in [-0.05, 0) is 19.3 Å². The molecule has 0 aliphatic heterocycles. The van der Waals surface area contributed by atoms with Gasteiger partial charge in [0.1, 0.15) is 0 Å². The van der Waals surface area contributed by atoms with Crippen LogP contribution in [0, 0.1) is 0 Å². The molecule has 3 N–H and O–H groups in total. The van der Waals surface area contributed by atoms with Gasteiger partial charge in [0.05, 0.1) is 12.2 Å². The number of rotatable bonds is 20. The fraction of sp³-hybridized carbons (Fsp3) is 0.955. The van der Waals surface area contributed by atoms with E-state index in [0.717, 1.165) is 44.9 Å². The van der Waals surface area contributed by atoms with Crippen LogP contribution in [0.4, 0.5) is 0 Å². The fourth-order valence-corrected chi connectivity index (χ4v) is 3.39. The summed E-state index contributed by atoms with van der Waals surface area (Å²) in [6, 6.07) is 0. The molecular weight excluding hydrogens is 328 g/mol. The van der Waals surface area contributed by atoms with Gasteiger partial charge in [0.2, 0.25) is 0 Å². The van der Waals surface area contributed by atoms with Crippen molar-refractivity contribution in [2.75, 3.05) is 0 Å². The number of aliphatic hydroxyl groups is 2. The number of hydrogen-bond acceptors (Lipinski definition) is 3. The molecule has 0 aromatic carbocycles. The molecule has 0 heterocycles. The highest BCUT2D eigenvalue weighted by Gasteiger charge is 2.15. The van der Waals surface area contributed by atoms with Crippen molar-refractivity contribution in [2.45, 2.75) is 135 Å². The van der Waals surface area contributed by atoms with Crippen LogP contribution in [0.2, 0.25) is 0 Å². The largest absolute Gasteiger partial charge is 0.481 e. The lowest BCUT2D eigenvalue weighted by Crippen LogP contribution is -2.25. The lowest BCUT2D eigenvalue weighted by atomic mass is 9.99. The summed E-state index contributed by atoms with van der Waals surface area (Å²) in [5.41, 5.74) is 0. The fourth-order valence-electron chi connectivity index (χ4n) is 3.39. The maximum Gasteiger partial charge on any atom is 0.303 e. The Labute approximate surface area is 161 Å². The van der Waals surface area contributed by atoms with Crippen LogP contribution < -0.4 is 0 Å². The van der Waals surface area contributed by atoms with Gasteiger partial charge in [0, 0.05) is 6.42 Å². The first-order chi connectivity index (χ1) is 12.6. The molecule has 0 bridgehead atoms. The number of carboxylic acids is 1. The Morgan fingerprint density at radius 2 is 0.962 bits per heavy atom. The monoisotopic (exact) mass is 372 g/mol. The Kier molecular flexibility index (Phi) is 18.7. The zero-order chi connectivity index (χ0) is 19.5. The van der Waals surface area contributed by atoms with Crippen molar-refractivity contribution >= 4 is 5.97 Å². The molecule has 0 spiro atoms. The summed E-state index contributed by atoms with van der Waals surface area (Å²) in [4.78, 5) is 10.4. The van der Waals surface area contributed by atoms with Crippen molar-refractivity contribution in [1.82, 2.24) is 0 Å². The van der Waals surface area contributed by atoms with E-state index in [0.29, 0.717) is 12.8 Å². The van der Waals surface area contributed by atoms with E-state index in [1.807, 2.05) is 0 Å². The van der Waals surface area contributed by atoms with Gasteiger partial charge in [-0.1, -0.05) is 96.8 Å². The van der Waals surface area contributed by atoms with E-state index in [-0.39, 0.29) is 0 Å². The summed E-state index contributed by atoms with van der Waals surface area (Å²) < 4.78 is 0. The topological polar surface area (TPSA) is 77.8 Å². The van der Waals surface area contributed by atoms with Gasteiger partial charge in [-0.2, -0.15) is 0 Å². The number of unbranched alkanes of at least 4 members (excludes halogenated alkanes) is 13. The smallest absolute Gasteiger partial charge is 0.303 e. The van der Waals surface area contributed by atoms with E-state index >= 15 is 0 Å². The van der Waals surface area contributed by atoms with Crippen LogP contribution in [0.5, 0.6) is 0 Å². The highest BCUT2D eigenvalue weighted by atomic mass is 16.4. The van der Waals surface area contributed by atoms with E-state index in [4.69, 9.17) is 5.11 Å². The minimum atomic E-state index is -0.690. The second-order valence-electron chi connectivity index (χ2n) is 7.81. The van der Waals surface area contributed by atoms with Gasteiger partial charge in [-0.15, -0.1) is 0 Å². The number of aliphatic carboxylic acids is 1. The highest BCUT2D eigenvalue weighted by molar-refractivity contribution is 5.66. The summed E-state index contributed by atoms with van der Waals surface area (Å²) in [7, 11) is 0. The number of carbonyl (C=O) groups is 1. The molecule has 156 valence electrons. The van der Waals surface area contributed by atoms with E-state index in [1.165, 1.54) is 57.8 Å². The molecular formula is C22H44O4. The van der Waals surface area contributed by atoms with Gasteiger partial charge in [0.15, 0.2) is 0 Å². The predicted molar refractivity (Wildman–Crippen MR) is 108 cm³/mol. The van der Waals surface area contributed by atoms with E-state index in [2.05, 4.69) is 6.92 Å². The molecule has 26 heavy (non-hydrogen) atoms. The standard InChI is InChI=1S/C22H44O4/c1-2-3-4-5-11-14-17-20(23)21(24)18-15-12-9-7-6-8-10-13-16-19-22(25)26/h20-21,23-24H,2-19H2,1H3,(H,25,26)/t20-,21+/m1/s1. The van der Waals surface area contributed by atoms with Crippen LogP contribution in [0.15, 0.2) is 0 Å². The molecule has 4 heteroatoms. The molecule has 0 aliphatic carbocycles. The normalized spacial score (nSPS) is 13.7. The third kappa shape index (κ3) is 18.2. The molecule has 0 unspecified atom stereocenters. The number of hydrogen-bond donors (Lipinski definition) is 3. The first-order valence-corrected chi connectivity index (χ1v) is 11.2. The van der Waals surface area contributed by atoms with Crippen LogP contribution in [0.3, 0.4) is 0 Å². The summed E-state index contributed by atoms with van der Waals surface area (Å²) in [5.74, 6) is -0.690. The van der Waals surface area contributed by atoms with Crippen molar-refractivity contribution < 1.29 is 20.1 Å². The molecule has 0 amide bonds. The molecule has 4 nitrogen and oxygen atoms in total. The third-order valence-corrected chi connectivity index (χ3v) is 5.19. The average molecular weight is 373 g/mol. The zero-order valence-electron chi connectivity index (χ0n) is 17.1. The number of carboxylic acid groups (broad SMARTS) is 1. The summed E-state index contributed by atoms with van der Waals surface area (Å²) >= 11 is 0. The molecule has 0 aliphatic rings. The van der Waals surface area contributed by atoms with Crippen molar-refractivity contribution in [3.05, 3.63) is 0 Å². The lowest BCUT2D eigenvalue weighted by Gasteiger charge is -2.17. The summed E-state index contributed by atoms with van der Waals surface area (Å²) in [5, 5.41) is 28.6. The van der Waals surface area contributed by atoms with Crippen LogP contribution in [0.25, 0.3) is 0 Å². The second-order valence-corrected chi connectivity index (χ2v) is 7.81. The maximum absolute atomic E-state index is 10.4. The Morgan fingerprint density at radius 3 is 1.35 bits per heavy atom. The first-order valence-electron chi connectivity index (χ1n) is 11.2. The lowest BCUT2D eigenvalue weighted by molar-refractivity contribution is -0.137. The first kappa shape index (κ1) is 25.4. The molecule has 0 saturated heterocycles. The third-order valence-electron chi connectivity index (χ3n) is 5.19. The van der Waals surface area contributed by atoms with E-state index in [9.17, 15) is 15.0 Å². The molecule has 0 fully saturated rings. The van der Waals surface area contributed by atoms with E-state index < -0.39 is 18.2 Å². The second kappa shape index (κ2) is 19.2. The quantitative estimate of drug-likeness (QED) is 0.235. The minimum Gasteiger partial charge on any atom is -0.481 e. The van der Waals surface area contributed by atoms with Crippen molar-refractivity contribution in [2.24, 2.45) is 0 Å². The Hall–Kier alpha value is -0.610. The van der Waals surface area contributed by atoms with Crippen LogP contribution in [-0.2, 0) is 4.79 Å². The summed E-state index contributed by atoms with van der Waals surface area (Å²) in [6.45, 7) is 2.21. The van der Waals surface area contributed by atoms with Gasteiger partial charge in [0.25, 0.3) is 0 Å². The molecule has 0 radical (unpaired) electrons. The van der Waals surface area contributed by atoms with Crippen molar-refractivity contribution in [3.63, 3.8) is 0 Å². The molecule has 0 aromatic rings. The predicted octanol–water partition coefficient (Wildman–Crippen LogP) is 5.83. The van der Waals surface area contributed by atoms with Crippen LogP contribution in [-0.4, -0.2) is 33.5 Å². The van der Waals surface area contributed by atoms with Crippen LogP contribution in [0.1, 0.15) is 122 Å². The van der Waals surface area contributed by atoms with Gasteiger partial charge >= 0.3 is 5.97 Å². The zero-order valence-corrected chi connectivity index (χ0v) is 17.1. The molecule has 0 saturated carbocycles. The highest BCUT2D eigenvalue weighted by Crippen LogP contribution is 2.15. The molecule has 0 aromatic heterocycles. The van der Waals surface area contributed by atoms with Gasteiger partial charge in [-0.3, -0.25) is 4.79 Å². The van der Waals surface area contributed by atoms with Gasteiger partial charge < -0.3 is 15.3 Å². The van der Waals surface area contributed by atoms with Gasteiger partial charge in [-0.25, -0.2) is 0 Å².